The van der Waals surface area contributed by atoms with Crippen LogP contribution in [0, 0.1) is 18.3 Å². The van der Waals surface area contributed by atoms with Gasteiger partial charge in [-0.1, -0.05) is 95.3 Å². The minimum absolute atomic E-state index is 0.101. The van der Waals surface area contributed by atoms with Crippen molar-refractivity contribution < 1.29 is 29.0 Å². The summed E-state index contributed by atoms with van der Waals surface area (Å²) in [5, 5.41) is 22.3. The van der Waals surface area contributed by atoms with Crippen molar-refractivity contribution in [3.05, 3.63) is 106 Å². The Hall–Kier alpha value is -5.38. The number of aliphatic hydroxyl groups is 1. The number of benzene rings is 2. The Bertz CT molecular complexity index is 1970. The summed E-state index contributed by atoms with van der Waals surface area (Å²) in [7, 11) is 1.23. The average Bonchev–Trinajstić information content (AvgIpc) is 3.77. The molecule has 4 atom stereocenters. The van der Waals surface area contributed by atoms with Crippen LogP contribution in [0.25, 0.3) is 11.3 Å². The van der Waals surface area contributed by atoms with Gasteiger partial charge in [-0.05, 0) is 47.9 Å². The molecule has 15 heteroatoms. The molecule has 4 N–H and O–H groups in total. The maximum atomic E-state index is 14.3. The van der Waals surface area contributed by atoms with Crippen LogP contribution < -0.4 is 16.1 Å². The second-order valence-corrected chi connectivity index (χ2v) is 17.1. The normalized spacial score (nSPS) is 15.2. The number of ether oxygens (including phenoxy) is 1. The fourth-order valence-corrected chi connectivity index (χ4v) is 7.62. The average molecular weight is 813 g/mol. The molecule has 58 heavy (non-hydrogen) atoms. The van der Waals surface area contributed by atoms with Crippen molar-refractivity contribution in [1.29, 1.82) is 0 Å². The number of methoxy groups -OCH3 is 1. The first-order chi connectivity index (χ1) is 27.6. The Balaban J connectivity index is 1.39. The first-order valence-electron chi connectivity index (χ1n) is 19.5. The van der Waals surface area contributed by atoms with Gasteiger partial charge in [0, 0.05) is 43.3 Å². The van der Waals surface area contributed by atoms with Crippen molar-refractivity contribution in [2.45, 2.75) is 85.3 Å². The summed E-state index contributed by atoms with van der Waals surface area (Å²) in [6.07, 6.45) is 0.0452. The van der Waals surface area contributed by atoms with Crippen molar-refractivity contribution in [3.8, 4) is 11.3 Å². The number of aryl methyl sites for hydroxylation is 1. The number of hydrazine groups is 1. The number of rotatable bonds is 17. The molecule has 1 aliphatic rings. The third-order valence-corrected chi connectivity index (χ3v) is 10.8. The molecular weight excluding hydrogens is 757 g/mol. The van der Waals surface area contributed by atoms with E-state index in [9.17, 15) is 24.3 Å². The van der Waals surface area contributed by atoms with Crippen molar-refractivity contribution in [2.75, 3.05) is 26.7 Å². The van der Waals surface area contributed by atoms with Gasteiger partial charge in [0.1, 0.15) is 12.1 Å². The Morgan fingerprint density at radius 1 is 0.948 bits per heavy atom. The predicted octanol–water partition coefficient (Wildman–Crippen LogP) is 5.17. The molecule has 1 fully saturated rings. The number of aliphatic hydroxyl groups excluding tert-OH is 1. The van der Waals surface area contributed by atoms with E-state index in [2.05, 4.69) is 26.0 Å². The first-order valence-corrected chi connectivity index (χ1v) is 20.4. The molecule has 2 aromatic carbocycles. The molecule has 4 aromatic rings. The van der Waals surface area contributed by atoms with Gasteiger partial charge >= 0.3 is 12.1 Å². The summed E-state index contributed by atoms with van der Waals surface area (Å²) in [6.45, 7) is 12.5. The van der Waals surface area contributed by atoms with Gasteiger partial charge in [0.05, 0.1) is 42.2 Å². The topological polar surface area (TPSA) is 169 Å². The number of amides is 5. The van der Waals surface area contributed by atoms with Crippen LogP contribution in [0.2, 0.25) is 0 Å². The van der Waals surface area contributed by atoms with Crippen LogP contribution >= 0.6 is 11.3 Å². The Morgan fingerprint density at radius 3 is 2.26 bits per heavy atom. The van der Waals surface area contributed by atoms with Gasteiger partial charge in [-0.15, -0.1) is 11.3 Å². The molecule has 3 heterocycles. The number of urea groups is 1. The summed E-state index contributed by atoms with van der Waals surface area (Å²) in [6, 6.07) is 20.1. The molecule has 5 rings (SSSR count). The van der Waals surface area contributed by atoms with Gasteiger partial charge in [0.15, 0.2) is 0 Å². The number of aromatic nitrogens is 2. The SMILES string of the molecule is COC(=O)NC(C(=O)NN(Cc1ccc(-c2ccccn2)cc1)CC(O)C(Cc1ccccc1)NC(=O)C(C(C)C)N1CCN(Cc2csc(C)n2)C1=O)C(C)(C)C. The number of carbonyl (C=O) groups is 4. The van der Waals surface area contributed by atoms with Gasteiger partial charge in [-0.25, -0.2) is 19.6 Å². The number of hydrogen-bond acceptors (Lipinski definition) is 10. The zero-order valence-electron chi connectivity index (χ0n) is 34.3. The first kappa shape index (κ1) is 43.7. The minimum Gasteiger partial charge on any atom is -0.453 e. The number of thiazole rings is 1. The van der Waals surface area contributed by atoms with Crippen LogP contribution in [0.4, 0.5) is 9.59 Å². The standard InChI is InChI=1S/C43H56N8O6S/c1-28(2)37(51-22-21-49(42(51)56)25-33-27-58-29(3)45-33)39(53)46-35(23-30-13-9-8-10-14-30)36(52)26-50(48-40(54)38(43(4,5)6)47-41(55)57-7)24-31-16-18-32(19-17-31)34-15-11-12-20-44-34/h8-20,27-28,35-38,52H,21-26H2,1-7H3,(H,46,53)(H,47,55)(H,48,54). The van der Waals surface area contributed by atoms with Gasteiger partial charge in [-0.2, -0.15) is 0 Å². The lowest BCUT2D eigenvalue weighted by atomic mass is 9.86. The van der Waals surface area contributed by atoms with E-state index in [1.54, 1.807) is 21.0 Å². The summed E-state index contributed by atoms with van der Waals surface area (Å²) < 4.78 is 4.82. The van der Waals surface area contributed by atoms with Crippen LogP contribution in [0.5, 0.6) is 0 Å². The molecule has 310 valence electrons. The number of nitrogens with one attached hydrogen (secondary N) is 3. The molecule has 0 bridgehead atoms. The third-order valence-electron chi connectivity index (χ3n) is 10.0. The Kier molecular flexibility index (Phi) is 15.0. The highest BCUT2D eigenvalue weighted by Crippen LogP contribution is 2.24. The lowest BCUT2D eigenvalue weighted by molar-refractivity contribution is -0.132. The van der Waals surface area contributed by atoms with Crippen LogP contribution in [0.15, 0.2) is 84.4 Å². The third kappa shape index (κ3) is 11.8. The molecule has 0 aliphatic carbocycles. The molecule has 0 saturated carbocycles. The second kappa shape index (κ2) is 19.9. The molecule has 0 spiro atoms. The van der Waals surface area contributed by atoms with E-state index in [0.717, 1.165) is 33.1 Å². The quantitative estimate of drug-likeness (QED) is 0.105. The van der Waals surface area contributed by atoms with Crippen molar-refractivity contribution in [2.24, 2.45) is 11.3 Å². The molecule has 1 aliphatic heterocycles. The van der Waals surface area contributed by atoms with E-state index in [0.29, 0.717) is 19.6 Å². The van der Waals surface area contributed by atoms with E-state index < -0.39 is 41.6 Å². The van der Waals surface area contributed by atoms with Crippen LogP contribution in [-0.2, 0) is 33.8 Å². The smallest absolute Gasteiger partial charge is 0.407 e. The van der Waals surface area contributed by atoms with E-state index >= 15 is 0 Å². The van der Waals surface area contributed by atoms with Gasteiger partial charge < -0.3 is 30.3 Å². The number of carbonyl (C=O) groups excluding carboxylic acids is 4. The lowest BCUT2D eigenvalue weighted by Crippen LogP contribution is -2.60. The number of nitrogens with zero attached hydrogens (tertiary/aromatic N) is 5. The predicted molar refractivity (Wildman–Crippen MR) is 223 cm³/mol. The van der Waals surface area contributed by atoms with Crippen LogP contribution in [0.3, 0.4) is 0 Å². The monoisotopic (exact) mass is 812 g/mol. The summed E-state index contributed by atoms with van der Waals surface area (Å²) >= 11 is 1.53. The maximum absolute atomic E-state index is 14.3. The van der Waals surface area contributed by atoms with Gasteiger partial charge in [0.25, 0.3) is 5.91 Å². The number of alkyl carbamates (subject to hydrolysis) is 1. The molecule has 0 radical (unpaired) electrons. The zero-order valence-corrected chi connectivity index (χ0v) is 35.2. The molecular formula is C43H56N8O6S. The van der Waals surface area contributed by atoms with E-state index in [1.165, 1.54) is 18.4 Å². The highest BCUT2D eigenvalue weighted by molar-refractivity contribution is 7.09. The maximum Gasteiger partial charge on any atom is 0.407 e. The number of pyridine rings is 1. The fraction of sp³-hybridized carbons (Fsp3) is 0.442. The molecule has 5 amide bonds. The summed E-state index contributed by atoms with van der Waals surface area (Å²) in [5.74, 6) is -1.13. The molecule has 1 saturated heterocycles. The zero-order chi connectivity index (χ0) is 42.0. The molecule has 4 unspecified atom stereocenters. The van der Waals surface area contributed by atoms with E-state index in [1.807, 2.05) is 120 Å². The highest BCUT2D eigenvalue weighted by atomic mass is 32.1. The Morgan fingerprint density at radius 2 is 1.66 bits per heavy atom. The lowest BCUT2D eigenvalue weighted by Gasteiger charge is -2.35. The summed E-state index contributed by atoms with van der Waals surface area (Å²) in [4.78, 5) is 66.6. The van der Waals surface area contributed by atoms with E-state index in [-0.39, 0.29) is 37.4 Å². The number of hydrogen-bond donors (Lipinski definition) is 4. The van der Waals surface area contributed by atoms with E-state index in [4.69, 9.17) is 4.74 Å². The highest BCUT2D eigenvalue weighted by Gasteiger charge is 2.41. The van der Waals surface area contributed by atoms with Crippen molar-refractivity contribution >= 4 is 35.3 Å². The van der Waals surface area contributed by atoms with Crippen molar-refractivity contribution in [3.63, 3.8) is 0 Å². The fourth-order valence-electron chi connectivity index (χ4n) is 7.02. The van der Waals surface area contributed by atoms with Crippen molar-refractivity contribution in [1.82, 2.24) is 40.8 Å². The minimum atomic E-state index is -1.20. The van der Waals surface area contributed by atoms with Crippen LogP contribution in [-0.4, -0.2) is 105 Å². The second-order valence-electron chi connectivity index (χ2n) is 16.0. The largest absolute Gasteiger partial charge is 0.453 e. The van der Waals surface area contributed by atoms with Gasteiger partial charge in [-0.3, -0.25) is 20.0 Å². The molecule has 14 nitrogen and oxygen atoms in total. The summed E-state index contributed by atoms with van der Waals surface area (Å²) in [5.41, 5.74) is 6.49. The van der Waals surface area contributed by atoms with Gasteiger partial charge in [0.2, 0.25) is 5.91 Å². The molecule has 2 aromatic heterocycles. The van der Waals surface area contributed by atoms with Crippen LogP contribution in [0.1, 0.15) is 56.4 Å². The Labute approximate surface area is 345 Å².